The van der Waals surface area contributed by atoms with Crippen LogP contribution in [-0.4, -0.2) is 34.2 Å². The molecule has 1 amide bonds. The van der Waals surface area contributed by atoms with Gasteiger partial charge in [-0.05, 0) is 24.3 Å². The fourth-order valence-electron chi connectivity index (χ4n) is 1.83. The van der Waals surface area contributed by atoms with Gasteiger partial charge in [0.2, 0.25) is 0 Å². The highest BCUT2D eigenvalue weighted by Crippen LogP contribution is 2.35. The Morgan fingerprint density at radius 2 is 2.26 bits per heavy atom. The minimum atomic E-state index is -1.32. The molecule has 2 rings (SSSR count). The molecule has 0 N–H and O–H groups in total. The first-order valence-electron chi connectivity index (χ1n) is 6.41. The van der Waals surface area contributed by atoms with Gasteiger partial charge in [-0.1, -0.05) is 46.0 Å². The SMILES string of the molecule is C=CCN1C(=O)/C(=C/c2cc(Br)ccc2OCC(=O)[O-])SC1=S. The fraction of sp³-hybridized carbons (Fsp3) is 0.133. The number of halogens is 1. The van der Waals surface area contributed by atoms with E-state index in [1.165, 1.54) is 16.7 Å². The Morgan fingerprint density at radius 3 is 2.91 bits per heavy atom. The third-order valence-electron chi connectivity index (χ3n) is 2.79. The summed E-state index contributed by atoms with van der Waals surface area (Å²) in [5, 5.41) is 10.6. The van der Waals surface area contributed by atoms with E-state index in [-0.39, 0.29) is 5.91 Å². The van der Waals surface area contributed by atoms with E-state index < -0.39 is 12.6 Å². The summed E-state index contributed by atoms with van der Waals surface area (Å²) in [4.78, 5) is 24.8. The average molecular weight is 413 g/mol. The number of hydrogen-bond donors (Lipinski definition) is 0. The van der Waals surface area contributed by atoms with Crippen molar-refractivity contribution in [1.82, 2.24) is 4.90 Å². The number of carbonyl (C=O) groups excluding carboxylic acids is 2. The van der Waals surface area contributed by atoms with Crippen molar-refractivity contribution >= 4 is 62.2 Å². The molecule has 1 aromatic carbocycles. The fourth-order valence-corrected chi connectivity index (χ4v) is 3.47. The number of aliphatic carboxylic acids is 1. The Hall–Kier alpha value is -1.64. The second-order valence-electron chi connectivity index (χ2n) is 4.42. The van der Waals surface area contributed by atoms with Crippen LogP contribution in [0, 0.1) is 0 Å². The number of carbonyl (C=O) groups is 2. The highest BCUT2D eigenvalue weighted by molar-refractivity contribution is 9.10. The Labute approximate surface area is 151 Å². The van der Waals surface area contributed by atoms with Gasteiger partial charge >= 0.3 is 0 Å². The molecule has 0 radical (unpaired) electrons. The summed E-state index contributed by atoms with van der Waals surface area (Å²) >= 11 is 9.69. The molecule has 8 heteroatoms. The molecule has 1 aliphatic rings. The Bertz CT molecular complexity index is 717. The van der Waals surface area contributed by atoms with Gasteiger partial charge < -0.3 is 14.6 Å². The topological polar surface area (TPSA) is 69.7 Å². The third kappa shape index (κ3) is 4.43. The smallest absolute Gasteiger partial charge is 0.266 e. The number of amides is 1. The molecular weight excluding hydrogens is 402 g/mol. The lowest BCUT2D eigenvalue weighted by Gasteiger charge is -2.11. The molecule has 0 unspecified atom stereocenters. The molecule has 1 heterocycles. The minimum Gasteiger partial charge on any atom is -0.546 e. The first kappa shape index (κ1) is 17.7. The molecule has 5 nitrogen and oxygen atoms in total. The maximum absolute atomic E-state index is 12.3. The normalized spacial score (nSPS) is 16.0. The number of thioether (sulfide) groups is 1. The molecule has 1 fully saturated rings. The molecule has 0 bridgehead atoms. The van der Waals surface area contributed by atoms with Crippen LogP contribution in [0.25, 0.3) is 6.08 Å². The van der Waals surface area contributed by atoms with Gasteiger partial charge in [-0.2, -0.15) is 0 Å². The number of ether oxygens (including phenoxy) is 1. The summed E-state index contributed by atoms with van der Waals surface area (Å²) in [6, 6.07) is 5.05. The van der Waals surface area contributed by atoms with Crippen LogP contribution < -0.4 is 9.84 Å². The number of hydrogen-bond acceptors (Lipinski definition) is 6. The Morgan fingerprint density at radius 1 is 1.52 bits per heavy atom. The van der Waals surface area contributed by atoms with Gasteiger partial charge in [0.1, 0.15) is 16.7 Å². The van der Waals surface area contributed by atoms with Crippen LogP contribution >= 0.6 is 39.9 Å². The van der Waals surface area contributed by atoms with E-state index in [1.807, 2.05) is 0 Å². The third-order valence-corrected chi connectivity index (χ3v) is 4.66. The number of rotatable bonds is 6. The summed E-state index contributed by atoms with van der Waals surface area (Å²) in [5.74, 6) is -1.20. The number of carboxylic acid groups (broad SMARTS) is 1. The highest BCUT2D eigenvalue weighted by atomic mass is 79.9. The molecule has 0 aliphatic carbocycles. The van der Waals surface area contributed by atoms with Gasteiger partial charge in [0.15, 0.2) is 0 Å². The Kier molecular flexibility index (Phi) is 5.97. The van der Waals surface area contributed by atoms with Crippen LogP contribution in [0.5, 0.6) is 5.75 Å². The molecule has 23 heavy (non-hydrogen) atoms. The van der Waals surface area contributed by atoms with Gasteiger partial charge in [-0.15, -0.1) is 6.58 Å². The van der Waals surface area contributed by atoms with E-state index in [0.29, 0.717) is 27.1 Å². The van der Waals surface area contributed by atoms with E-state index in [1.54, 1.807) is 30.4 Å². The van der Waals surface area contributed by atoms with E-state index in [4.69, 9.17) is 17.0 Å². The van der Waals surface area contributed by atoms with Crippen LogP contribution in [0.1, 0.15) is 5.56 Å². The predicted octanol–water partition coefficient (Wildman–Crippen LogP) is 1.96. The van der Waals surface area contributed by atoms with Crippen molar-refractivity contribution < 1.29 is 19.4 Å². The Balaban J connectivity index is 2.33. The number of benzene rings is 1. The van der Waals surface area contributed by atoms with Crippen molar-refractivity contribution in [3.63, 3.8) is 0 Å². The molecule has 0 atom stereocenters. The van der Waals surface area contributed by atoms with Crippen molar-refractivity contribution in [2.24, 2.45) is 0 Å². The standard InChI is InChI=1S/C15H12BrNO4S2/c1-2-5-17-14(20)12(23-15(17)22)7-9-6-10(16)3-4-11(9)21-8-13(18)19/h2-4,6-7H,1,5,8H2,(H,18,19)/p-1/b12-7-. The van der Waals surface area contributed by atoms with E-state index in [2.05, 4.69) is 22.5 Å². The van der Waals surface area contributed by atoms with Gasteiger partial charge in [0.05, 0.1) is 10.9 Å². The highest BCUT2D eigenvalue weighted by Gasteiger charge is 2.31. The van der Waals surface area contributed by atoms with Gasteiger partial charge in [0.25, 0.3) is 5.91 Å². The second kappa shape index (κ2) is 7.76. The van der Waals surface area contributed by atoms with Crippen molar-refractivity contribution in [3.05, 3.63) is 45.8 Å². The lowest BCUT2D eigenvalue weighted by Crippen LogP contribution is -2.29. The maximum atomic E-state index is 12.3. The van der Waals surface area contributed by atoms with Gasteiger partial charge in [-0.3, -0.25) is 9.69 Å². The summed E-state index contributed by atoms with van der Waals surface area (Å²) in [6.45, 7) is 3.37. The molecule has 1 aromatic rings. The van der Waals surface area contributed by atoms with E-state index in [9.17, 15) is 14.7 Å². The van der Waals surface area contributed by atoms with Crippen molar-refractivity contribution in [3.8, 4) is 5.75 Å². The molecule has 0 spiro atoms. The van der Waals surface area contributed by atoms with Crippen LogP contribution in [0.2, 0.25) is 0 Å². The van der Waals surface area contributed by atoms with Gasteiger partial charge in [0, 0.05) is 16.6 Å². The largest absolute Gasteiger partial charge is 0.546 e. The van der Waals surface area contributed by atoms with Crippen molar-refractivity contribution in [1.29, 1.82) is 0 Å². The van der Waals surface area contributed by atoms with Crippen LogP contribution in [0.3, 0.4) is 0 Å². The maximum Gasteiger partial charge on any atom is 0.266 e. The lowest BCUT2D eigenvalue weighted by molar-refractivity contribution is -0.307. The first-order chi connectivity index (χ1) is 10.9. The van der Waals surface area contributed by atoms with Crippen LogP contribution in [0.4, 0.5) is 0 Å². The molecule has 0 aromatic heterocycles. The summed E-state index contributed by atoms with van der Waals surface area (Å²) in [7, 11) is 0. The number of nitrogens with zero attached hydrogens (tertiary/aromatic N) is 1. The van der Waals surface area contributed by atoms with Crippen LogP contribution in [-0.2, 0) is 9.59 Å². The lowest BCUT2D eigenvalue weighted by atomic mass is 10.2. The first-order valence-corrected chi connectivity index (χ1v) is 8.42. The summed E-state index contributed by atoms with van der Waals surface area (Å²) in [5.41, 5.74) is 0.569. The van der Waals surface area contributed by atoms with Crippen molar-refractivity contribution in [2.45, 2.75) is 0 Å². The average Bonchev–Trinajstić information content (AvgIpc) is 2.74. The van der Waals surface area contributed by atoms with E-state index in [0.717, 1.165) is 4.47 Å². The summed E-state index contributed by atoms with van der Waals surface area (Å²) in [6.07, 6.45) is 3.22. The zero-order valence-corrected chi connectivity index (χ0v) is 15.0. The van der Waals surface area contributed by atoms with E-state index >= 15 is 0 Å². The molecule has 1 saturated heterocycles. The zero-order valence-electron chi connectivity index (χ0n) is 11.8. The molecule has 120 valence electrons. The molecular formula is C15H11BrNO4S2-. The zero-order chi connectivity index (χ0) is 17.0. The number of thiocarbonyl (C=S) groups is 1. The second-order valence-corrected chi connectivity index (χ2v) is 7.02. The molecule has 1 aliphatic heterocycles. The van der Waals surface area contributed by atoms with Gasteiger partial charge in [-0.25, -0.2) is 0 Å². The van der Waals surface area contributed by atoms with Crippen LogP contribution in [0.15, 0.2) is 40.2 Å². The summed E-state index contributed by atoms with van der Waals surface area (Å²) < 4.78 is 6.41. The predicted molar refractivity (Wildman–Crippen MR) is 94.7 cm³/mol. The quantitative estimate of drug-likeness (QED) is 0.404. The monoisotopic (exact) mass is 412 g/mol. The van der Waals surface area contributed by atoms with Crippen molar-refractivity contribution in [2.75, 3.05) is 13.2 Å². The number of carboxylic acids is 1. The minimum absolute atomic E-state index is 0.217. The molecule has 0 saturated carbocycles.